The Labute approximate surface area is 335 Å². The number of sulfone groups is 1. The van der Waals surface area contributed by atoms with Gasteiger partial charge in [-0.15, -0.1) is 22.1 Å². The van der Waals surface area contributed by atoms with E-state index < -0.39 is 15.8 Å². The van der Waals surface area contributed by atoms with E-state index in [4.69, 9.17) is 19.9 Å². The number of allylic oxidation sites excluding steroid dienone is 2. The van der Waals surface area contributed by atoms with Crippen LogP contribution in [0.5, 0.6) is 0 Å². The molecule has 0 amide bonds. The summed E-state index contributed by atoms with van der Waals surface area (Å²) < 4.78 is 25.9. The summed E-state index contributed by atoms with van der Waals surface area (Å²) in [5.41, 5.74) is 14.2. The Balaban J connectivity index is 0.00000410. The van der Waals surface area contributed by atoms with E-state index in [0.29, 0.717) is 11.4 Å². The van der Waals surface area contributed by atoms with Gasteiger partial charge in [0.1, 0.15) is 0 Å². The zero-order valence-corrected chi connectivity index (χ0v) is 31.6. The molecule has 3 aliphatic rings. The Kier molecular flexibility index (Phi) is 9.10. The van der Waals surface area contributed by atoms with E-state index in [0.717, 1.165) is 83.5 Å². The van der Waals surface area contributed by atoms with Crippen LogP contribution >= 0.6 is 0 Å². The maximum atomic E-state index is 13.0. The first-order valence-corrected chi connectivity index (χ1v) is 19.9. The largest absolute Gasteiger partial charge is 2.00 e. The fraction of sp³-hybridized carbons (Fsp3) is 0.0417. The van der Waals surface area contributed by atoms with Crippen LogP contribution in [0.25, 0.3) is 90.4 Å². The van der Waals surface area contributed by atoms with Crippen molar-refractivity contribution >= 4 is 55.7 Å². The van der Waals surface area contributed by atoms with Crippen molar-refractivity contribution in [1.29, 1.82) is 0 Å². The van der Waals surface area contributed by atoms with E-state index in [1.807, 2.05) is 91.0 Å². The molecule has 8 heteroatoms. The van der Waals surface area contributed by atoms with E-state index in [-0.39, 0.29) is 22.8 Å². The van der Waals surface area contributed by atoms with Crippen molar-refractivity contribution in [2.75, 3.05) is 5.75 Å². The fourth-order valence-corrected chi connectivity index (χ4v) is 9.17. The summed E-state index contributed by atoms with van der Waals surface area (Å²) in [6.45, 7) is 0. The van der Waals surface area contributed by atoms with Crippen molar-refractivity contribution in [2.45, 2.75) is 0 Å². The van der Waals surface area contributed by atoms with Gasteiger partial charge in [0, 0.05) is 11.3 Å². The molecule has 0 N–H and O–H groups in total. The minimum absolute atomic E-state index is 0. The standard InChI is InChI=1S/C48H32N4O2S.Cu/c53-55(54)28-27-35(30-55)36-29-43-46(33-17-9-3-10-18-33)41-24-23-39(50-41)44(31-13-5-1-6-14-31)37-21-22-38(49-37)45(32-15-7-2-8-16-32)40-25-26-42(51-40)47(48(36)52-43)34-19-11-4-12-20-34;/h1-29,35H,30H2;/q-2;+2. The first-order valence-electron chi connectivity index (χ1n) is 18.2. The second-order valence-electron chi connectivity index (χ2n) is 13.8. The molecule has 6 heterocycles. The third-order valence-corrected chi connectivity index (χ3v) is 11.7. The molecule has 0 fully saturated rings. The molecular formula is C48H32CuN4O2S. The third-order valence-electron chi connectivity index (χ3n) is 10.3. The van der Waals surface area contributed by atoms with Gasteiger partial charge in [0.05, 0.1) is 28.5 Å². The Bertz CT molecular complexity index is 3010. The van der Waals surface area contributed by atoms with Crippen LogP contribution in [-0.2, 0) is 26.9 Å². The number of nitrogens with zero attached hydrogens (tertiary/aromatic N) is 4. The van der Waals surface area contributed by atoms with Gasteiger partial charge in [-0.05, 0) is 68.3 Å². The van der Waals surface area contributed by atoms with E-state index in [1.54, 1.807) is 6.08 Å². The maximum Gasteiger partial charge on any atom is 2.00 e. The van der Waals surface area contributed by atoms with Crippen molar-refractivity contribution in [3.8, 4) is 44.5 Å². The van der Waals surface area contributed by atoms with Gasteiger partial charge in [0.2, 0.25) is 0 Å². The summed E-state index contributed by atoms with van der Waals surface area (Å²) in [4.78, 5) is 21.5. The summed E-state index contributed by atoms with van der Waals surface area (Å²) in [6, 6.07) is 48.9. The minimum atomic E-state index is -3.38. The zero-order valence-electron chi connectivity index (χ0n) is 29.8. The average molecular weight is 792 g/mol. The predicted octanol–water partition coefficient (Wildman–Crippen LogP) is 10.5. The quantitative estimate of drug-likeness (QED) is 0.161. The molecule has 273 valence electrons. The van der Waals surface area contributed by atoms with Gasteiger partial charge in [-0.1, -0.05) is 152 Å². The van der Waals surface area contributed by atoms with Crippen molar-refractivity contribution in [3.63, 3.8) is 0 Å². The number of fused-ring (bicyclic) bond motifs is 8. The first kappa shape index (κ1) is 35.4. The molecule has 0 spiro atoms. The van der Waals surface area contributed by atoms with Crippen molar-refractivity contribution in [1.82, 2.24) is 19.9 Å². The van der Waals surface area contributed by atoms with Crippen LogP contribution < -0.4 is 9.97 Å². The molecule has 0 saturated heterocycles. The molecular weight excluding hydrogens is 760 g/mol. The number of benzene rings is 4. The zero-order chi connectivity index (χ0) is 36.9. The minimum Gasteiger partial charge on any atom is -0.657 e. The molecule has 0 aliphatic carbocycles. The first-order chi connectivity index (χ1) is 27.0. The molecule has 4 aromatic carbocycles. The van der Waals surface area contributed by atoms with Gasteiger partial charge < -0.3 is 9.97 Å². The van der Waals surface area contributed by atoms with Crippen LogP contribution in [0.1, 0.15) is 22.8 Å². The molecule has 10 rings (SSSR count). The third kappa shape index (κ3) is 6.38. The number of aromatic nitrogens is 4. The van der Waals surface area contributed by atoms with Gasteiger partial charge in [0.15, 0.2) is 9.84 Å². The van der Waals surface area contributed by atoms with E-state index in [9.17, 15) is 8.42 Å². The molecule has 6 nitrogen and oxygen atoms in total. The summed E-state index contributed by atoms with van der Waals surface area (Å²) in [7, 11) is -3.38. The van der Waals surface area contributed by atoms with Gasteiger partial charge in [-0.25, -0.2) is 18.4 Å². The van der Waals surface area contributed by atoms with E-state index in [1.165, 1.54) is 5.41 Å². The second kappa shape index (κ2) is 14.4. The van der Waals surface area contributed by atoms with E-state index >= 15 is 0 Å². The van der Waals surface area contributed by atoms with Crippen LogP contribution in [0.15, 0.2) is 157 Å². The van der Waals surface area contributed by atoms with Crippen LogP contribution in [0.2, 0.25) is 0 Å². The molecule has 3 aliphatic heterocycles. The van der Waals surface area contributed by atoms with Crippen LogP contribution in [0.3, 0.4) is 0 Å². The molecule has 56 heavy (non-hydrogen) atoms. The predicted molar refractivity (Wildman–Crippen MR) is 224 cm³/mol. The summed E-state index contributed by atoms with van der Waals surface area (Å²) in [5, 5.41) is 1.33. The smallest absolute Gasteiger partial charge is 0.657 e. The SMILES string of the molecule is O=S1(=O)C=CC(C2=Cc3nc2c(-c2ccccc2)c2ccc([n-]2)c(-c2ccccc2)c2nc(c(-c4ccccc4)c4ccc([n-]4)c3-c3ccccc3)C=C2)C1.[Cu+2]. The van der Waals surface area contributed by atoms with Crippen molar-refractivity contribution in [3.05, 3.63) is 180 Å². The molecule has 7 aromatic rings. The Morgan fingerprint density at radius 3 is 1.29 bits per heavy atom. The van der Waals surface area contributed by atoms with Gasteiger partial charge in [-0.2, -0.15) is 0 Å². The fourth-order valence-electron chi connectivity index (χ4n) is 7.84. The number of hydrogen-bond donors (Lipinski definition) is 0. The Hall–Kier alpha value is -6.31. The average Bonchev–Trinajstić information content (AvgIpc) is 4.08. The molecule has 1 atom stereocenters. The van der Waals surface area contributed by atoms with Gasteiger partial charge in [0.25, 0.3) is 0 Å². The maximum absolute atomic E-state index is 13.0. The molecule has 1 unspecified atom stereocenters. The monoisotopic (exact) mass is 791 g/mol. The number of hydrogen-bond acceptors (Lipinski definition) is 4. The molecule has 0 saturated carbocycles. The molecule has 1 radical (unpaired) electrons. The molecule has 3 aromatic heterocycles. The Morgan fingerprint density at radius 2 is 0.875 bits per heavy atom. The summed E-state index contributed by atoms with van der Waals surface area (Å²) in [6.07, 6.45) is 7.98. The Morgan fingerprint density at radius 1 is 0.482 bits per heavy atom. The van der Waals surface area contributed by atoms with Crippen molar-refractivity contribution in [2.24, 2.45) is 5.92 Å². The summed E-state index contributed by atoms with van der Waals surface area (Å²) in [5.74, 6) is -0.425. The topological polar surface area (TPSA) is 88.1 Å². The second-order valence-corrected chi connectivity index (χ2v) is 15.8. The van der Waals surface area contributed by atoms with Gasteiger partial charge in [-0.3, -0.25) is 0 Å². The van der Waals surface area contributed by atoms with Crippen LogP contribution in [0, 0.1) is 5.92 Å². The van der Waals surface area contributed by atoms with Crippen LogP contribution in [0.4, 0.5) is 0 Å². The molecule has 8 bridgehead atoms. The van der Waals surface area contributed by atoms with Crippen molar-refractivity contribution < 1.29 is 25.5 Å². The van der Waals surface area contributed by atoms with Crippen LogP contribution in [-0.4, -0.2) is 24.1 Å². The summed E-state index contributed by atoms with van der Waals surface area (Å²) >= 11 is 0. The van der Waals surface area contributed by atoms with Gasteiger partial charge >= 0.3 is 17.1 Å². The number of rotatable bonds is 5. The van der Waals surface area contributed by atoms with E-state index in [2.05, 4.69) is 72.8 Å². The normalized spacial score (nSPS) is 15.4.